The van der Waals surface area contributed by atoms with Crippen molar-refractivity contribution in [2.24, 2.45) is 5.92 Å². The zero-order valence-corrected chi connectivity index (χ0v) is 15.4. The smallest absolute Gasteiger partial charge is 0.403 e. The van der Waals surface area contributed by atoms with Gasteiger partial charge in [-0.2, -0.15) is 0 Å². The van der Waals surface area contributed by atoms with Crippen molar-refractivity contribution in [2.45, 2.75) is 32.4 Å². The van der Waals surface area contributed by atoms with Gasteiger partial charge in [0.2, 0.25) is 0 Å². The molecule has 0 aliphatic carbocycles. The van der Waals surface area contributed by atoms with E-state index in [1.807, 2.05) is 6.92 Å². The molecule has 0 aromatic heterocycles. The molecule has 1 aliphatic heterocycles. The van der Waals surface area contributed by atoms with Crippen LogP contribution in [0, 0.1) is 23.4 Å². The molecule has 0 spiro atoms. The van der Waals surface area contributed by atoms with E-state index in [9.17, 15) is 26.3 Å². The molecule has 1 saturated heterocycles. The van der Waals surface area contributed by atoms with Gasteiger partial charge in [0, 0.05) is 11.5 Å². The van der Waals surface area contributed by atoms with Crippen LogP contribution in [0.5, 0.6) is 5.75 Å². The highest BCUT2D eigenvalue weighted by molar-refractivity contribution is 5.66. The van der Waals surface area contributed by atoms with Gasteiger partial charge in [0.15, 0.2) is 17.9 Å². The Morgan fingerprint density at radius 3 is 2.10 bits per heavy atom. The quantitative estimate of drug-likeness (QED) is 0.545. The van der Waals surface area contributed by atoms with Gasteiger partial charge in [0.1, 0.15) is 11.6 Å². The van der Waals surface area contributed by atoms with Gasteiger partial charge in [-0.15, -0.1) is 13.2 Å². The first-order chi connectivity index (χ1) is 13.7. The molecule has 0 radical (unpaired) electrons. The van der Waals surface area contributed by atoms with E-state index in [4.69, 9.17) is 9.47 Å². The molecule has 29 heavy (non-hydrogen) atoms. The second-order valence-corrected chi connectivity index (χ2v) is 6.71. The minimum absolute atomic E-state index is 0.121. The highest BCUT2D eigenvalue weighted by Crippen LogP contribution is 2.35. The Balaban J connectivity index is 1.82. The number of hydrogen-bond acceptors (Lipinski definition) is 3. The summed E-state index contributed by atoms with van der Waals surface area (Å²) < 4.78 is 94.3. The fraction of sp³-hybridized carbons (Fsp3) is 0.400. The molecule has 158 valence electrons. The zero-order valence-electron chi connectivity index (χ0n) is 15.4. The molecule has 0 amide bonds. The maximum Gasteiger partial charge on any atom is 0.573 e. The number of benzene rings is 2. The monoisotopic (exact) mass is 420 g/mol. The number of ether oxygens (including phenoxy) is 3. The first-order valence-electron chi connectivity index (χ1n) is 8.95. The van der Waals surface area contributed by atoms with E-state index < -0.39 is 41.4 Å². The minimum Gasteiger partial charge on any atom is -0.403 e. The number of alkyl halides is 3. The van der Waals surface area contributed by atoms with E-state index in [1.54, 1.807) is 0 Å². The molecule has 1 heterocycles. The van der Waals surface area contributed by atoms with Crippen molar-refractivity contribution in [3.8, 4) is 16.9 Å². The molecule has 3 nitrogen and oxygen atoms in total. The predicted molar refractivity (Wildman–Crippen MR) is 91.5 cm³/mol. The van der Waals surface area contributed by atoms with Gasteiger partial charge in [0.05, 0.1) is 18.8 Å². The Bertz CT molecular complexity index is 837. The molecular weight excluding hydrogens is 402 g/mol. The van der Waals surface area contributed by atoms with Gasteiger partial charge in [-0.1, -0.05) is 19.4 Å². The van der Waals surface area contributed by atoms with Crippen molar-refractivity contribution < 1.29 is 40.6 Å². The summed E-state index contributed by atoms with van der Waals surface area (Å²) in [6.45, 7) is 2.82. The van der Waals surface area contributed by atoms with Crippen LogP contribution in [0.15, 0.2) is 30.3 Å². The Kier molecular flexibility index (Phi) is 6.38. The first-order valence-corrected chi connectivity index (χ1v) is 8.95. The van der Waals surface area contributed by atoms with Crippen LogP contribution in [0.2, 0.25) is 0 Å². The molecule has 0 saturated carbocycles. The van der Waals surface area contributed by atoms with Crippen molar-refractivity contribution >= 4 is 0 Å². The number of rotatable bonds is 5. The maximum absolute atomic E-state index is 14.6. The Morgan fingerprint density at radius 2 is 1.59 bits per heavy atom. The maximum atomic E-state index is 14.6. The number of halogens is 6. The van der Waals surface area contributed by atoms with Crippen LogP contribution < -0.4 is 4.74 Å². The van der Waals surface area contributed by atoms with Gasteiger partial charge in [-0.25, -0.2) is 13.2 Å². The molecule has 2 aromatic carbocycles. The van der Waals surface area contributed by atoms with E-state index >= 15 is 0 Å². The summed E-state index contributed by atoms with van der Waals surface area (Å²) >= 11 is 0. The lowest BCUT2D eigenvalue weighted by Crippen LogP contribution is -2.27. The molecule has 9 heteroatoms. The van der Waals surface area contributed by atoms with Crippen LogP contribution >= 0.6 is 0 Å². The Labute approximate surface area is 163 Å². The lowest BCUT2D eigenvalue weighted by Gasteiger charge is -2.29. The van der Waals surface area contributed by atoms with E-state index in [1.165, 1.54) is 0 Å². The second-order valence-electron chi connectivity index (χ2n) is 6.71. The third-order valence-electron chi connectivity index (χ3n) is 4.45. The zero-order chi connectivity index (χ0) is 21.2. The Hall–Kier alpha value is -2.26. The highest BCUT2D eigenvalue weighted by atomic mass is 19.4. The van der Waals surface area contributed by atoms with E-state index in [-0.39, 0.29) is 17.0 Å². The van der Waals surface area contributed by atoms with E-state index in [0.29, 0.717) is 25.3 Å². The molecule has 0 atom stereocenters. The molecule has 2 aromatic rings. The van der Waals surface area contributed by atoms with Crippen LogP contribution in [0.3, 0.4) is 0 Å². The molecule has 0 unspecified atom stereocenters. The molecule has 0 bridgehead atoms. The summed E-state index contributed by atoms with van der Waals surface area (Å²) in [5, 5.41) is 0. The topological polar surface area (TPSA) is 27.7 Å². The average molecular weight is 420 g/mol. The van der Waals surface area contributed by atoms with Gasteiger partial charge in [0.25, 0.3) is 0 Å². The fourth-order valence-electron chi connectivity index (χ4n) is 3.18. The summed E-state index contributed by atoms with van der Waals surface area (Å²) in [5.74, 6) is -4.32. The van der Waals surface area contributed by atoms with Gasteiger partial charge >= 0.3 is 6.36 Å². The summed E-state index contributed by atoms with van der Waals surface area (Å²) in [6.07, 6.45) is -4.14. The van der Waals surface area contributed by atoms with Crippen LogP contribution in [-0.2, 0) is 9.47 Å². The van der Waals surface area contributed by atoms with Crippen molar-refractivity contribution in [3.05, 3.63) is 53.3 Å². The van der Waals surface area contributed by atoms with Crippen LogP contribution in [-0.4, -0.2) is 19.6 Å². The minimum atomic E-state index is -5.09. The second kappa shape index (κ2) is 8.62. The largest absolute Gasteiger partial charge is 0.573 e. The SMILES string of the molecule is CCCC1COC(c2cc(F)c(-c3ccc(OC(F)(F)F)c(F)c3)c(F)c2)OC1. The van der Waals surface area contributed by atoms with Crippen molar-refractivity contribution in [3.63, 3.8) is 0 Å². The third-order valence-corrected chi connectivity index (χ3v) is 4.45. The molecule has 3 rings (SSSR count). The molecule has 1 fully saturated rings. The van der Waals surface area contributed by atoms with Crippen molar-refractivity contribution in [2.75, 3.05) is 13.2 Å². The average Bonchev–Trinajstić information content (AvgIpc) is 2.63. The van der Waals surface area contributed by atoms with Crippen LogP contribution in [0.4, 0.5) is 26.3 Å². The van der Waals surface area contributed by atoms with Gasteiger partial charge in [-0.3, -0.25) is 0 Å². The standard InChI is InChI=1S/C20H18F6O3/c1-2-3-11-9-27-19(28-10-11)13-7-15(22)18(16(23)8-13)12-4-5-17(14(21)6-12)29-20(24,25)26/h4-8,11,19H,2-3,9-10H2,1H3. The highest BCUT2D eigenvalue weighted by Gasteiger charge is 2.32. The summed E-state index contributed by atoms with van der Waals surface area (Å²) in [7, 11) is 0. The molecular formula is C20H18F6O3. The summed E-state index contributed by atoms with van der Waals surface area (Å²) in [5.41, 5.74) is -0.728. The normalized spacial score (nSPS) is 20.0. The van der Waals surface area contributed by atoms with Crippen LogP contribution in [0.25, 0.3) is 11.1 Å². The first kappa shape index (κ1) is 21.4. The van der Waals surface area contributed by atoms with Crippen molar-refractivity contribution in [1.82, 2.24) is 0 Å². The van der Waals surface area contributed by atoms with Crippen LogP contribution in [0.1, 0.15) is 31.6 Å². The van der Waals surface area contributed by atoms with E-state index in [0.717, 1.165) is 31.0 Å². The summed E-state index contributed by atoms with van der Waals surface area (Å²) in [4.78, 5) is 0. The van der Waals surface area contributed by atoms with Gasteiger partial charge in [-0.05, 0) is 36.2 Å². The third kappa shape index (κ3) is 5.22. The lowest BCUT2D eigenvalue weighted by molar-refractivity contribution is -0.275. The molecule has 1 aliphatic rings. The van der Waals surface area contributed by atoms with Crippen molar-refractivity contribution in [1.29, 1.82) is 0 Å². The Morgan fingerprint density at radius 1 is 0.966 bits per heavy atom. The lowest BCUT2D eigenvalue weighted by atomic mass is 10.0. The fourth-order valence-corrected chi connectivity index (χ4v) is 3.18. The van der Waals surface area contributed by atoms with Gasteiger partial charge < -0.3 is 14.2 Å². The molecule has 0 N–H and O–H groups in total. The van der Waals surface area contributed by atoms with E-state index in [2.05, 4.69) is 4.74 Å². The predicted octanol–water partition coefficient (Wildman–Crippen LogP) is 6.13. The summed E-state index contributed by atoms with van der Waals surface area (Å²) in [6, 6.07) is 4.17. The number of hydrogen-bond donors (Lipinski definition) is 0.